The molecular formula is C22H22N4O. The van der Waals surface area contributed by atoms with Gasteiger partial charge in [0.1, 0.15) is 17.1 Å². The Hall–Kier alpha value is -3.34. The van der Waals surface area contributed by atoms with Crippen LogP contribution in [0.2, 0.25) is 0 Å². The number of benzene rings is 2. The molecule has 0 aliphatic carbocycles. The zero-order chi connectivity index (χ0) is 18.8. The molecule has 0 radical (unpaired) electrons. The van der Waals surface area contributed by atoms with E-state index in [0.717, 1.165) is 39.7 Å². The molecule has 2 aromatic carbocycles. The highest BCUT2D eigenvalue weighted by Crippen LogP contribution is 2.28. The summed E-state index contributed by atoms with van der Waals surface area (Å²) in [4.78, 5) is 12.7. The van der Waals surface area contributed by atoms with Crippen LogP contribution in [-0.2, 0) is 0 Å². The van der Waals surface area contributed by atoms with Crippen LogP contribution in [0.25, 0.3) is 22.4 Å². The van der Waals surface area contributed by atoms with Crippen molar-refractivity contribution in [2.24, 2.45) is 0 Å². The van der Waals surface area contributed by atoms with Gasteiger partial charge in [0.25, 0.3) is 0 Å². The molecule has 27 heavy (non-hydrogen) atoms. The molecule has 2 heterocycles. The van der Waals surface area contributed by atoms with Gasteiger partial charge in [-0.2, -0.15) is 0 Å². The predicted octanol–water partition coefficient (Wildman–Crippen LogP) is 5.50. The van der Waals surface area contributed by atoms with Gasteiger partial charge < -0.3 is 15.0 Å². The van der Waals surface area contributed by atoms with Crippen molar-refractivity contribution < 1.29 is 4.74 Å². The molecule has 0 aliphatic heterocycles. The van der Waals surface area contributed by atoms with Gasteiger partial charge in [0.15, 0.2) is 5.82 Å². The zero-order valence-corrected chi connectivity index (χ0v) is 15.7. The van der Waals surface area contributed by atoms with Crippen LogP contribution < -0.4 is 10.1 Å². The second kappa shape index (κ2) is 7.11. The molecule has 0 fully saturated rings. The van der Waals surface area contributed by atoms with Gasteiger partial charge in [-0.3, -0.25) is 0 Å². The van der Waals surface area contributed by atoms with E-state index in [9.17, 15) is 0 Å². The van der Waals surface area contributed by atoms with Crippen LogP contribution >= 0.6 is 0 Å². The third-order valence-corrected chi connectivity index (χ3v) is 4.58. The number of rotatable bonds is 5. The van der Waals surface area contributed by atoms with Crippen LogP contribution in [0.5, 0.6) is 5.75 Å². The summed E-state index contributed by atoms with van der Waals surface area (Å²) in [6.07, 6.45) is 1.78. The number of hydrogen-bond acceptors (Lipinski definition) is 4. The SMILES string of the molecule is COc1ccc(Nc2nccc3[nH]c(-c4cccc(C(C)C)c4)nc23)cc1. The Kier molecular flexibility index (Phi) is 4.50. The monoisotopic (exact) mass is 358 g/mol. The van der Waals surface area contributed by atoms with E-state index in [-0.39, 0.29) is 0 Å². The van der Waals surface area contributed by atoms with E-state index in [4.69, 9.17) is 9.72 Å². The van der Waals surface area contributed by atoms with Gasteiger partial charge in [0.05, 0.1) is 12.6 Å². The van der Waals surface area contributed by atoms with E-state index >= 15 is 0 Å². The van der Waals surface area contributed by atoms with Gasteiger partial charge in [-0.25, -0.2) is 9.97 Å². The number of pyridine rings is 1. The highest BCUT2D eigenvalue weighted by Gasteiger charge is 2.11. The number of methoxy groups -OCH3 is 1. The molecule has 5 nitrogen and oxygen atoms in total. The molecule has 4 rings (SSSR count). The summed E-state index contributed by atoms with van der Waals surface area (Å²) in [7, 11) is 1.66. The van der Waals surface area contributed by atoms with E-state index in [1.165, 1.54) is 5.56 Å². The van der Waals surface area contributed by atoms with E-state index in [1.807, 2.05) is 30.3 Å². The lowest BCUT2D eigenvalue weighted by molar-refractivity contribution is 0.415. The van der Waals surface area contributed by atoms with Crippen molar-refractivity contribution in [3.8, 4) is 17.1 Å². The van der Waals surface area contributed by atoms with Crippen molar-refractivity contribution >= 4 is 22.5 Å². The summed E-state index contributed by atoms with van der Waals surface area (Å²) in [6.45, 7) is 4.39. The molecule has 2 N–H and O–H groups in total. The standard InChI is InChI=1S/C22H22N4O/c1-14(2)15-5-4-6-16(13-15)21-25-19-11-12-23-22(20(19)26-21)24-17-7-9-18(27-3)10-8-17/h4-14H,1-3H3,(H,23,24)(H,25,26). The van der Waals surface area contributed by atoms with E-state index in [1.54, 1.807) is 13.3 Å². The van der Waals surface area contributed by atoms with Crippen molar-refractivity contribution in [1.82, 2.24) is 15.0 Å². The second-order valence-corrected chi connectivity index (χ2v) is 6.77. The number of aromatic amines is 1. The fourth-order valence-electron chi connectivity index (χ4n) is 3.02. The number of anilines is 2. The quantitative estimate of drug-likeness (QED) is 0.494. The zero-order valence-electron chi connectivity index (χ0n) is 15.7. The van der Waals surface area contributed by atoms with Crippen LogP contribution in [0.1, 0.15) is 25.3 Å². The summed E-state index contributed by atoms with van der Waals surface area (Å²) in [5.74, 6) is 2.86. The first-order valence-corrected chi connectivity index (χ1v) is 9.00. The minimum Gasteiger partial charge on any atom is -0.497 e. The van der Waals surface area contributed by atoms with Crippen LogP contribution in [0.4, 0.5) is 11.5 Å². The van der Waals surface area contributed by atoms with E-state index in [2.05, 4.69) is 53.4 Å². The molecule has 0 bridgehead atoms. The Morgan fingerprint density at radius 2 is 1.85 bits per heavy atom. The van der Waals surface area contributed by atoms with Gasteiger partial charge in [0.2, 0.25) is 0 Å². The fraction of sp³-hybridized carbons (Fsp3) is 0.182. The highest BCUT2D eigenvalue weighted by atomic mass is 16.5. The van der Waals surface area contributed by atoms with Crippen molar-refractivity contribution in [2.45, 2.75) is 19.8 Å². The highest BCUT2D eigenvalue weighted by molar-refractivity contribution is 5.90. The number of H-pyrrole nitrogens is 1. The van der Waals surface area contributed by atoms with E-state index < -0.39 is 0 Å². The number of imidazole rings is 1. The Balaban J connectivity index is 1.70. The van der Waals surface area contributed by atoms with Gasteiger partial charge >= 0.3 is 0 Å². The second-order valence-electron chi connectivity index (χ2n) is 6.77. The third kappa shape index (κ3) is 3.49. The van der Waals surface area contributed by atoms with Gasteiger partial charge in [0, 0.05) is 17.4 Å². The molecule has 0 unspecified atom stereocenters. The molecule has 0 amide bonds. The minimum absolute atomic E-state index is 0.475. The summed E-state index contributed by atoms with van der Waals surface area (Å²) in [5, 5.41) is 3.34. The maximum absolute atomic E-state index is 5.21. The van der Waals surface area contributed by atoms with Crippen molar-refractivity contribution in [2.75, 3.05) is 12.4 Å². The molecule has 136 valence electrons. The van der Waals surface area contributed by atoms with Gasteiger partial charge in [-0.15, -0.1) is 0 Å². The summed E-state index contributed by atoms with van der Waals surface area (Å²) < 4.78 is 5.21. The molecule has 4 aromatic rings. The smallest absolute Gasteiger partial charge is 0.158 e. The largest absolute Gasteiger partial charge is 0.497 e. The minimum atomic E-state index is 0.475. The Labute approximate surface area is 158 Å². The molecule has 0 saturated heterocycles. The molecule has 0 aliphatic rings. The summed E-state index contributed by atoms with van der Waals surface area (Å²) in [5.41, 5.74) is 5.07. The molecule has 5 heteroatoms. The van der Waals surface area contributed by atoms with Crippen molar-refractivity contribution in [1.29, 1.82) is 0 Å². The molecule has 0 saturated carbocycles. The average Bonchev–Trinajstić information content (AvgIpc) is 3.14. The molecular weight excluding hydrogens is 336 g/mol. The molecule has 2 aromatic heterocycles. The summed E-state index contributed by atoms with van der Waals surface area (Å²) >= 11 is 0. The Morgan fingerprint density at radius 1 is 1.04 bits per heavy atom. The van der Waals surface area contributed by atoms with Gasteiger partial charge in [-0.1, -0.05) is 32.0 Å². The first-order valence-electron chi connectivity index (χ1n) is 9.00. The fourth-order valence-corrected chi connectivity index (χ4v) is 3.02. The lowest BCUT2D eigenvalue weighted by atomic mass is 10.0. The maximum atomic E-state index is 5.21. The van der Waals surface area contributed by atoms with Crippen LogP contribution in [-0.4, -0.2) is 22.1 Å². The topological polar surface area (TPSA) is 62.8 Å². The van der Waals surface area contributed by atoms with Crippen LogP contribution in [0.3, 0.4) is 0 Å². The number of aromatic nitrogens is 3. The summed E-state index contributed by atoms with van der Waals surface area (Å²) in [6, 6.07) is 18.2. The number of ether oxygens (including phenoxy) is 1. The van der Waals surface area contributed by atoms with Crippen molar-refractivity contribution in [3.05, 3.63) is 66.4 Å². The van der Waals surface area contributed by atoms with Crippen LogP contribution in [0, 0.1) is 0 Å². The maximum Gasteiger partial charge on any atom is 0.158 e. The Bertz CT molecular complexity index is 1070. The van der Waals surface area contributed by atoms with Crippen LogP contribution in [0.15, 0.2) is 60.8 Å². The molecule has 0 spiro atoms. The lowest BCUT2D eigenvalue weighted by Crippen LogP contribution is -1.94. The third-order valence-electron chi connectivity index (χ3n) is 4.58. The number of hydrogen-bond donors (Lipinski definition) is 2. The van der Waals surface area contributed by atoms with Gasteiger partial charge in [-0.05, 0) is 47.9 Å². The Morgan fingerprint density at radius 3 is 2.59 bits per heavy atom. The average molecular weight is 358 g/mol. The predicted molar refractivity (Wildman–Crippen MR) is 110 cm³/mol. The lowest BCUT2D eigenvalue weighted by Gasteiger charge is -2.07. The van der Waals surface area contributed by atoms with Crippen molar-refractivity contribution in [3.63, 3.8) is 0 Å². The normalized spacial score (nSPS) is 11.1. The first-order chi connectivity index (χ1) is 13.1. The van der Waals surface area contributed by atoms with E-state index in [0.29, 0.717) is 5.92 Å². The first kappa shape index (κ1) is 17.1. The molecule has 0 atom stereocenters. The number of fused-ring (bicyclic) bond motifs is 1. The number of nitrogens with one attached hydrogen (secondary N) is 2. The number of nitrogens with zero attached hydrogens (tertiary/aromatic N) is 2.